The Labute approximate surface area is 122 Å². The summed E-state index contributed by atoms with van der Waals surface area (Å²) in [5, 5.41) is 11.7. The van der Waals surface area contributed by atoms with Gasteiger partial charge in [0.2, 0.25) is 15.9 Å². The highest BCUT2D eigenvalue weighted by Crippen LogP contribution is 2.15. The average Bonchev–Trinajstić information content (AvgIpc) is 3.02. The molecule has 2 heterocycles. The van der Waals surface area contributed by atoms with Gasteiger partial charge in [-0.1, -0.05) is 0 Å². The van der Waals surface area contributed by atoms with Crippen molar-refractivity contribution in [1.82, 2.24) is 14.6 Å². The van der Waals surface area contributed by atoms with Crippen LogP contribution in [-0.4, -0.2) is 42.6 Å². The van der Waals surface area contributed by atoms with E-state index < -0.39 is 16.0 Å². The third-order valence-corrected chi connectivity index (χ3v) is 4.74. The number of nitrogens with zero attached hydrogens (tertiary/aromatic N) is 1. The van der Waals surface area contributed by atoms with Gasteiger partial charge in [-0.2, -0.15) is 0 Å². The Kier molecular flexibility index (Phi) is 4.33. The number of hydrogen-bond acceptors (Lipinski definition) is 4. The number of aromatic carboxylic acids is 1. The van der Waals surface area contributed by atoms with E-state index in [-0.39, 0.29) is 29.1 Å². The molecule has 8 nitrogen and oxygen atoms in total. The number of carbonyl (C=O) groups excluding carboxylic acids is 1. The average molecular weight is 315 g/mol. The number of nitrogens with one attached hydrogen (secondary N) is 2. The van der Waals surface area contributed by atoms with Crippen LogP contribution in [0.25, 0.3) is 0 Å². The van der Waals surface area contributed by atoms with Gasteiger partial charge in [-0.05, 0) is 19.4 Å². The number of carbonyl (C=O) groups is 2. The fraction of sp³-hybridized carbons (Fsp3) is 0.500. The molecule has 3 N–H and O–H groups in total. The Morgan fingerprint density at radius 1 is 1.57 bits per heavy atom. The van der Waals surface area contributed by atoms with Crippen LogP contribution in [0.1, 0.15) is 30.3 Å². The minimum Gasteiger partial charge on any atom is -0.477 e. The summed E-state index contributed by atoms with van der Waals surface area (Å²) in [5.41, 5.74) is -0.0768. The first kappa shape index (κ1) is 15.5. The molecule has 0 aromatic carbocycles. The van der Waals surface area contributed by atoms with Crippen LogP contribution in [0.4, 0.5) is 0 Å². The van der Waals surface area contributed by atoms with Crippen molar-refractivity contribution >= 4 is 21.9 Å². The summed E-state index contributed by atoms with van der Waals surface area (Å²) in [6.07, 6.45) is 2.26. The molecule has 1 atom stereocenters. The predicted octanol–water partition coefficient (Wildman–Crippen LogP) is -0.237. The second-order valence-corrected chi connectivity index (χ2v) is 6.57. The zero-order valence-electron chi connectivity index (χ0n) is 11.5. The van der Waals surface area contributed by atoms with E-state index in [1.165, 1.54) is 10.8 Å². The highest BCUT2D eigenvalue weighted by molar-refractivity contribution is 7.89. The Morgan fingerprint density at radius 2 is 2.29 bits per heavy atom. The predicted molar refractivity (Wildman–Crippen MR) is 73.4 cm³/mol. The number of carboxylic acid groups (broad SMARTS) is 1. The van der Waals surface area contributed by atoms with Crippen molar-refractivity contribution in [3.05, 3.63) is 18.0 Å². The van der Waals surface area contributed by atoms with Gasteiger partial charge in [0.25, 0.3) is 0 Å². The monoisotopic (exact) mass is 315 g/mol. The number of rotatable bonds is 6. The summed E-state index contributed by atoms with van der Waals surface area (Å²) in [5.74, 6) is -1.27. The molecular formula is C12H17N3O5S. The largest absolute Gasteiger partial charge is 0.477 e. The van der Waals surface area contributed by atoms with Gasteiger partial charge in [0.05, 0.1) is 0 Å². The topological polar surface area (TPSA) is 118 Å². The van der Waals surface area contributed by atoms with E-state index in [1.807, 2.05) is 0 Å². The fourth-order valence-electron chi connectivity index (χ4n) is 2.20. The first-order valence-electron chi connectivity index (χ1n) is 6.56. The molecule has 21 heavy (non-hydrogen) atoms. The van der Waals surface area contributed by atoms with E-state index in [9.17, 15) is 18.0 Å². The normalized spacial score (nSPS) is 18.7. The number of hydrogen-bond donors (Lipinski definition) is 3. The van der Waals surface area contributed by atoms with Crippen molar-refractivity contribution in [2.45, 2.75) is 37.2 Å². The van der Waals surface area contributed by atoms with E-state index in [4.69, 9.17) is 5.11 Å². The third kappa shape index (κ3) is 3.42. The van der Waals surface area contributed by atoms with Crippen molar-refractivity contribution in [3.8, 4) is 0 Å². The summed E-state index contributed by atoms with van der Waals surface area (Å²) in [4.78, 5) is 22.0. The van der Waals surface area contributed by atoms with Gasteiger partial charge in [-0.15, -0.1) is 0 Å². The van der Waals surface area contributed by atoms with Crippen LogP contribution in [0.3, 0.4) is 0 Å². The van der Waals surface area contributed by atoms with Crippen LogP contribution in [-0.2, 0) is 21.4 Å². The highest BCUT2D eigenvalue weighted by Gasteiger charge is 2.25. The molecule has 1 fully saturated rings. The first-order chi connectivity index (χ1) is 9.83. The molecule has 1 amide bonds. The van der Waals surface area contributed by atoms with E-state index in [0.717, 1.165) is 6.07 Å². The summed E-state index contributed by atoms with van der Waals surface area (Å²) in [6.45, 7) is 2.17. The maximum atomic E-state index is 12.1. The zero-order chi connectivity index (χ0) is 15.6. The molecule has 1 unspecified atom stereocenters. The number of carboxylic acids is 1. The molecule has 0 aliphatic carbocycles. The maximum Gasteiger partial charge on any atom is 0.352 e. The summed E-state index contributed by atoms with van der Waals surface area (Å²) < 4.78 is 28.0. The van der Waals surface area contributed by atoms with Crippen molar-refractivity contribution in [1.29, 1.82) is 0 Å². The van der Waals surface area contributed by atoms with E-state index in [0.29, 0.717) is 19.4 Å². The van der Waals surface area contributed by atoms with Crippen LogP contribution in [0.15, 0.2) is 17.2 Å². The molecule has 2 rings (SSSR count). The Morgan fingerprint density at radius 3 is 2.76 bits per heavy atom. The van der Waals surface area contributed by atoms with Gasteiger partial charge in [0.1, 0.15) is 10.6 Å². The maximum absolute atomic E-state index is 12.1. The van der Waals surface area contributed by atoms with Crippen molar-refractivity contribution < 1.29 is 23.1 Å². The highest BCUT2D eigenvalue weighted by atomic mass is 32.2. The lowest BCUT2D eigenvalue weighted by atomic mass is 10.2. The molecule has 0 bridgehead atoms. The molecule has 9 heteroatoms. The summed E-state index contributed by atoms with van der Waals surface area (Å²) in [6, 6.07) is 0.904. The Bertz CT molecular complexity index is 664. The minimum atomic E-state index is -3.80. The molecule has 116 valence electrons. The lowest BCUT2D eigenvalue weighted by Gasteiger charge is -2.10. The molecule has 1 saturated heterocycles. The van der Waals surface area contributed by atoms with Crippen molar-refractivity contribution in [3.63, 3.8) is 0 Å². The summed E-state index contributed by atoms with van der Waals surface area (Å²) in [7, 11) is -3.80. The standard InChI is InChI=1S/C12H17N3O5S/c1-2-15-7-9(5-10(15)12(17)18)21(19,20)13-6-8-3-4-11(16)14-8/h5,7-8,13H,2-4,6H2,1H3,(H,14,16)(H,17,18). The van der Waals surface area contributed by atoms with Crippen molar-refractivity contribution in [2.24, 2.45) is 0 Å². The molecule has 0 spiro atoms. The Balaban J connectivity index is 2.12. The second kappa shape index (κ2) is 5.86. The second-order valence-electron chi connectivity index (χ2n) is 4.81. The van der Waals surface area contributed by atoms with E-state index in [2.05, 4.69) is 10.0 Å². The quantitative estimate of drug-likeness (QED) is 0.670. The molecule has 1 aromatic rings. The van der Waals surface area contributed by atoms with Crippen LogP contribution in [0, 0.1) is 0 Å². The molecule has 0 radical (unpaired) electrons. The summed E-state index contributed by atoms with van der Waals surface area (Å²) >= 11 is 0. The SMILES string of the molecule is CCn1cc(S(=O)(=O)NCC2CCC(=O)N2)cc1C(=O)O. The number of aryl methyl sites for hydroxylation is 1. The molecular weight excluding hydrogens is 298 g/mol. The Hall–Kier alpha value is -1.87. The van der Waals surface area contributed by atoms with Gasteiger partial charge < -0.3 is 15.0 Å². The minimum absolute atomic E-state index is 0.0768. The smallest absolute Gasteiger partial charge is 0.352 e. The number of sulfonamides is 1. The molecule has 0 saturated carbocycles. The fourth-order valence-corrected chi connectivity index (χ4v) is 3.32. The van der Waals surface area contributed by atoms with E-state index in [1.54, 1.807) is 6.92 Å². The number of aromatic nitrogens is 1. The van der Waals surface area contributed by atoms with Gasteiger partial charge in [-0.3, -0.25) is 4.79 Å². The van der Waals surface area contributed by atoms with Gasteiger partial charge in [0, 0.05) is 31.7 Å². The van der Waals surface area contributed by atoms with Crippen molar-refractivity contribution in [2.75, 3.05) is 6.54 Å². The van der Waals surface area contributed by atoms with Crippen LogP contribution in [0.5, 0.6) is 0 Å². The molecule has 1 aromatic heterocycles. The van der Waals surface area contributed by atoms with Gasteiger partial charge >= 0.3 is 5.97 Å². The molecule has 1 aliphatic heterocycles. The third-order valence-electron chi connectivity index (χ3n) is 3.35. The lowest BCUT2D eigenvalue weighted by Crippen LogP contribution is -2.38. The number of amides is 1. The van der Waals surface area contributed by atoms with Crippen LogP contribution >= 0.6 is 0 Å². The molecule has 1 aliphatic rings. The van der Waals surface area contributed by atoms with Crippen LogP contribution < -0.4 is 10.0 Å². The van der Waals surface area contributed by atoms with E-state index >= 15 is 0 Å². The lowest BCUT2D eigenvalue weighted by molar-refractivity contribution is -0.119. The zero-order valence-corrected chi connectivity index (χ0v) is 12.3. The van der Waals surface area contributed by atoms with Gasteiger partial charge in [-0.25, -0.2) is 17.9 Å². The van der Waals surface area contributed by atoms with Gasteiger partial charge in [0.15, 0.2) is 0 Å². The van der Waals surface area contributed by atoms with Crippen LogP contribution in [0.2, 0.25) is 0 Å². The first-order valence-corrected chi connectivity index (χ1v) is 8.04.